The minimum Gasteiger partial charge on any atom is -0.454 e. The van der Waals surface area contributed by atoms with Gasteiger partial charge in [0.15, 0.2) is 11.5 Å². The smallest absolute Gasteiger partial charge is 0.282 e. The summed E-state index contributed by atoms with van der Waals surface area (Å²) >= 11 is 1.45. The molecule has 148 valence electrons. The van der Waals surface area contributed by atoms with E-state index in [2.05, 4.69) is 17.0 Å². The monoisotopic (exact) mass is 410 g/mol. The van der Waals surface area contributed by atoms with Gasteiger partial charge in [-0.25, -0.2) is 9.67 Å². The molecule has 0 radical (unpaired) electrons. The molecule has 0 spiro atoms. The lowest BCUT2D eigenvalue weighted by Gasteiger charge is -2.02. The Bertz CT molecular complexity index is 1210. The summed E-state index contributed by atoms with van der Waals surface area (Å²) in [5, 5.41) is 17.8. The summed E-state index contributed by atoms with van der Waals surface area (Å²) in [5.41, 5.74) is 4.29. The third kappa shape index (κ3) is 3.77. The van der Waals surface area contributed by atoms with Crippen molar-refractivity contribution >= 4 is 28.9 Å². The van der Waals surface area contributed by atoms with E-state index in [1.807, 2.05) is 37.4 Å². The van der Waals surface area contributed by atoms with E-state index in [0.29, 0.717) is 21.9 Å². The van der Waals surface area contributed by atoms with E-state index in [0.717, 1.165) is 16.9 Å². The van der Waals surface area contributed by atoms with Crippen LogP contribution in [0.4, 0.5) is 11.4 Å². The van der Waals surface area contributed by atoms with Crippen molar-refractivity contribution in [2.45, 2.75) is 20.8 Å². The summed E-state index contributed by atoms with van der Waals surface area (Å²) < 4.78 is 12.2. The highest BCUT2D eigenvalue weighted by Gasteiger charge is 2.22. The van der Waals surface area contributed by atoms with Gasteiger partial charge in [-0.05, 0) is 50.1 Å². The minimum atomic E-state index is -0.463. The van der Waals surface area contributed by atoms with Crippen LogP contribution in [-0.4, -0.2) is 22.6 Å². The number of aromatic nitrogens is 1. The van der Waals surface area contributed by atoms with E-state index >= 15 is 0 Å². The van der Waals surface area contributed by atoms with E-state index in [1.165, 1.54) is 29.2 Å². The highest BCUT2D eigenvalue weighted by atomic mass is 32.1. The molecular weight excluding hydrogens is 392 g/mol. The molecule has 0 unspecified atom stereocenters. The first-order valence-corrected chi connectivity index (χ1v) is 9.72. The number of ether oxygens (including phenoxy) is 2. The lowest BCUT2D eigenvalue weighted by molar-refractivity contribution is -0.385. The Morgan fingerprint density at radius 1 is 1.14 bits per heavy atom. The maximum atomic E-state index is 11.4. The van der Waals surface area contributed by atoms with Crippen LogP contribution in [-0.2, 0) is 0 Å². The molecule has 0 N–H and O–H groups in total. The Morgan fingerprint density at radius 2 is 1.90 bits per heavy atom. The number of benzene rings is 2. The molecule has 29 heavy (non-hydrogen) atoms. The summed E-state index contributed by atoms with van der Waals surface area (Å²) in [6.07, 6.45) is 1.44. The van der Waals surface area contributed by atoms with Crippen LogP contribution in [0.1, 0.15) is 22.4 Å². The normalized spacial score (nSPS) is 13.4. The van der Waals surface area contributed by atoms with Gasteiger partial charge >= 0.3 is 0 Å². The molecule has 0 bridgehead atoms. The molecule has 8 nitrogen and oxygen atoms in total. The number of nitro benzene ring substituents is 1. The average Bonchev–Trinajstić information content (AvgIpc) is 3.28. The number of fused-ring (bicyclic) bond motifs is 1. The first kappa shape index (κ1) is 18.9. The van der Waals surface area contributed by atoms with Crippen LogP contribution in [0.15, 0.2) is 45.8 Å². The molecule has 0 saturated heterocycles. The molecule has 0 aliphatic carbocycles. The average molecular weight is 410 g/mol. The van der Waals surface area contributed by atoms with Crippen molar-refractivity contribution in [3.05, 3.63) is 73.0 Å². The Labute approximate surface area is 170 Å². The van der Waals surface area contributed by atoms with Gasteiger partial charge in [-0.2, -0.15) is 5.10 Å². The van der Waals surface area contributed by atoms with Crippen LogP contribution in [0.25, 0.3) is 0 Å². The van der Waals surface area contributed by atoms with Gasteiger partial charge in [0.25, 0.3) is 5.69 Å². The Balaban J connectivity index is 1.75. The number of rotatable bonds is 4. The highest BCUT2D eigenvalue weighted by molar-refractivity contribution is 7.07. The molecule has 0 fully saturated rings. The summed E-state index contributed by atoms with van der Waals surface area (Å²) in [6, 6.07) is 8.91. The largest absolute Gasteiger partial charge is 0.454 e. The molecule has 0 saturated carbocycles. The second-order valence-electron chi connectivity index (χ2n) is 6.62. The second kappa shape index (κ2) is 7.51. The third-order valence-electron chi connectivity index (χ3n) is 4.60. The Hall–Kier alpha value is -3.46. The standard InChI is InChI=1S/C20H18N4O4S/c1-12-4-5-16(6-13(12)2)22-20-23(14(3)10-29-20)21-9-15-7-18-19(28-11-27-18)8-17(15)24(25)26/h4-10H,11H2,1-3H3. The lowest BCUT2D eigenvalue weighted by Crippen LogP contribution is -2.11. The van der Waals surface area contributed by atoms with Crippen molar-refractivity contribution in [3.63, 3.8) is 0 Å². The molecule has 0 amide bonds. The summed E-state index contributed by atoms with van der Waals surface area (Å²) in [6.45, 7) is 6.04. The molecular formula is C20H18N4O4S. The van der Waals surface area contributed by atoms with E-state index < -0.39 is 4.92 Å². The van der Waals surface area contributed by atoms with Crippen LogP contribution in [0.3, 0.4) is 0 Å². The maximum Gasteiger partial charge on any atom is 0.282 e. The zero-order valence-corrected chi connectivity index (χ0v) is 16.9. The van der Waals surface area contributed by atoms with Gasteiger partial charge in [0, 0.05) is 5.38 Å². The molecule has 0 atom stereocenters. The molecule has 1 aliphatic heterocycles. The maximum absolute atomic E-state index is 11.4. The van der Waals surface area contributed by atoms with Gasteiger partial charge in [0.1, 0.15) is 0 Å². The van der Waals surface area contributed by atoms with Crippen LogP contribution >= 0.6 is 11.3 Å². The molecule has 9 heteroatoms. The summed E-state index contributed by atoms with van der Waals surface area (Å²) in [5.74, 6) is 0.822. The zero-order chi connectivity index (χ0) is 20.5. The first-order valence-electron chi connectivity index (χ1n) is 8.84. The van der Waals surface area contributed by atoms with Crippen molar-refractivity contribution in [1.29, 1.82) is 0 Å². The van der Waals surface area contributed by atoms with E-state index in [9.17, 15) is 10.1 Å². The molecule has 3 aromatic rings. The van der Waals surface area contributed by atoms with E-state index in [1.54, 1.807) is 10.7 Å². The van der Waals surface area contributed by atoms with Gasteiger partial charge in [-0.15, -0.1) is 11.3 Å². The van der Waals surface area contributed by atoms with Gasteiger partial charge in [-0.3, -0.25) is 10.1 Å². The fourth-order valence-corrected chi connectivity index (χ4v) is 3.66. The topological polar surface area (TPSA) is 91.2 Å². The number of nitrogens with zero attached hydrogens (tertiary/aromatic N) is 4. The van der Waals surface area contributed by atoms with Gasteiger partial charge in [0.05, 0.1) is 34.1 Å². The zero-order valence-electron chi connectivity index (χ0n) is 16.1. The van der Waals surface area contributed by atoms with E-state index in [-0.39, 0.29) is 12.5 Å². The quantitative estimate of drug-likeness (QED) is 0.366. The minimum absolute atomic E-state index is 0.0461. The number of aryl methyl sites for hydroxylation is 3. The number of hydrogen-bond acceptors (Lipinski definition) is 7. The lowest BCUT2D eigenvalue weighted by atomic mass is 10.1. The molecule has 1 aliphatic rings. The Kier molecular flexibility index (Phi) is 4.89. The fraction of sp³-hybridized carbons (Fsp3) is 0.200. The van der Waals surface area contributed by atoms with Crippen LogP contribution in [0.5, 0.6) is 11.5 Å². The van der Waals surface area contributed by atoms with Crippen molar-refractivity contribution in [2.75, 3.05) is 6.79 Å². The van der Waals surface area contributed by atoms with Crippen LogP contribution in [0.2, 0.25) is 0 Å². The van der Waals surface area contributed by atoms with Crippen molar-refractivity contribution < 1.29 is 14.4 Å². The molecule has 1 aromatic heterocycles. The fourth-order valence-electron chi connectivity index (χ4n) is 2.84. The molecule has 2 aromatic carbocycles. The molecule has 4 rings (SSSR count). The van der Waals surface area contributed by atoms with Crippen molar-refractivity contribution in [1.82, 2.24) is 4.68 Å². The first-order chi connectivity index (χ1) is 13.9. The summed E-state index contributed by atoms with van der Waals surface area (Å²) in [4.78, 5) is 16.3. The van der Waals surface area contributed by atoms with Crippen molar-refractivity contribution in [2.24, 2.45) is 10.1 Å². The highest BCUT2D eigenvalue weighted by Crippen LogP contribution is 2.37. The SMILES string of the molecule is Cc1ccc(N=c2scc(C)n2N=Cc2cc3c(cc2[N+](=O)[O-])OCO3)cc1C. The molecule has 2 heterocycles. The number of hydrogen-bond donors (Lipinski definition) is 0. The second-order valence-corrected chi connectivity index (χ2v) is 7.45. The number of nitro groups is 1. The van der Waals surface area contributed by atoms with Gasteiger partial charge in [0.2, 0.25) is 11.6 Å². The third-order valence-corrected chi connectivity index (χ3v) is 5.53. The van der Waals surface area contributed by atoms with Gasteiger partial charge < -0.3 is 9.47 Å². The predicted octanol–water partition coefficient (Wildman–Crippen LogP) is 4.23. The van der Waals surface area contributed by atoms with Gasteiger partial charge in [-0.1, -0.05) is 6.07 Å². The van der Waals surface area contributed by atoms with Crippen LogP contribution in [0, 0.1) is 30.9 Å². The van der Waals surface area contributed by atoms with Crippen LogP contribution < -0.4 is 14.3 Å². The summed E-state index contributed by atoms with van der Waals surface area (Å²) in [7, 11) is 0. The predicted molar refractivity (Wildman–Crippen MR) is 110 cm³/mol. The van der Waals surface area contributed by atoms with Crippen molar-refractivity contribution in [3.8, 4) is 11.5 Å². The Morgan fingerprint density at radius 3 is 2.62 bits per heavy atom. The number of thiazole rings is 1. The van der Waals surface area contributed by atoms with E-state index in [4.69, 9.17) is 9.47 Å².